The number of Topliss-reactive ketones (excluding diaryl/α,β-unsaturated/α-hetero) is 1. The summed E-state index contributed by atoms with van der Waals surface area (Å²) in [6, 6.07) is 0. The number of hydrogen-bond acceptors (Lipinski definition) is 2. The lowest BCUT2D eigenvalue weighted by molar-refractivity contribution is -0.121. The van der Waals surface area contributed by atoms with Crippen LogP contribution >= 0.6 is 0 Å². The molecule has 1 N–H and O–H groups in total. The van der Waals surface area contributed by atoms with E-state index in [1.165, 1.54) is 0 Å². The molecule has 0 unspecified atom stereocenters. The second-order valence-corrected chi connectivity index (χ2v) is 1.86. The van der Waals surface area contributed by atoms with Gasteiger partial charge < -0.3 is 5.11 Å². The van der Waals surface area contributed by atoms with Crippen molar-refractivity contribution in [3.8, 4) is 0 Å². The molecule has 0 aliphatic carbocycles. The zero-order valence-electron chi connectivity index (χ0n) is 7.68. The summed E-state index contributed by atoms with van der Waals surface area (Å²) in [5, 5.41) is 8.38. The molecule has 0 aromatic rings. The Bertz CT molecular complexity index is 134. The molecular weight excluding hydrogens is 116 g/mol. The van der Waals surface area contributed by atoms with Gasteiger partial charge in [0, 0.05) is 9.11 Å². The second kappa shape index (κ2) is 5.76. The van der Waals surface area contributed by atoms with Crippen molar-refractivity contribution in [3.63, 3.8) is 0 Å². The van der Waals surface area contributed by atoms with Crippen LogP contribution in [0.25, 0.3) is 0 Å². The molecule has 0 spiro atoms. The highest BCUT2D eigenvalue weighted by atomic mass is 16.3. The maximum absolute atomic E-state index is 10.7. The standard InChI is InChI=1S/C7H14O2/c1-2-3-4-5-7(9)6-8/h8H,2-6H2,1H3/i5D2. The highest BCUT2D eigenvalue weighted by molar-refractivity contribution is 5.79. The molecule has 0 bridgehead atoms. The normalized spacial score (nSPS) is 14.4. The summed E-state index contributed by atoms with van der Waals surface area (Å²) < 4.78 is 14.4. The number of aliphatic hydroxyl groups excluding tert-OH is 1. The molecule has 0 fully saturated rings. The lowest BCUT2D eigenvalue weighted by atomic mass is 10.1. The van der Waals surface area contributed by atoms with Gasteiger partial charge in [-0.15, -0.1) is 0 Å². The molecule has 2 heteroatoms. The zero-order valence-corrected chi connectivity index (χ0v) is 5.68. The number of carbonyl (C=O) groups is 1. The van der Waals surface area contributed by atoms with E-state index in [-0.39, 0.29) is 6.42 Å². The molecule has 0 saturated carbocycles. The SMILES string of the molecule is [2H]C([2H])(CCCC)C(=O)CO. The predicted molar refractivity (Wildman–Crippen MR) is 36.2 cm³/mol. The topological polar surface area (TPSA) is 37.3 Å². The Hall–Kier alpha value is -0.370. The Kier molecular flexibility index (Phi) is 3.47. The summed E-state index contributed by atoms with van der Waals surface area (Å²) in [6.45, 7) is 1.23. The summed E-state index contributed by atoms with van der Waals surface area (Å²) in [4.78, 5) is 10.7. The van der Waals surface area contributed by atoms with Gasteiger partial charge in [-0.05, 0) is 6.42 Å². The second-order valence-electron chi connectivity index (χ2n) is 1.86. The molecule has 0 aliphatic rings. The largest absolute Gasteiger partial charge is 0.389 e. The van der Waals surface area contributed by atoms with Crippen molar-refractivity contribution in [2.24, 2.45) is 0 Å². The summed E-state index contributed by atoms with van der Waals surface area (Å²) >= 11 is 0. The Morgan fingerprint density at radius 1 is 1.67 bits per heavy atom. The highest BCUT2D eigenvalue weighted by Crippen LogP contribution is 1.98. The molecule has 0 aliphatic heterocycles. The fraction of sp³-hybridized carbons (Fsp3) is 0.857. The average Bonchev–Trinajstić information content (AvgIpc) is 1.99. The maximum atomic E-state index is 10.7. The van der Waals surface area contributed by atoms with E-state index in [2.05, 4.69) is 0 Å². The Labute approximate surface area is 58.7 Å². The van der Waals surface area contributed by atoms with Crippen molar-refractivity contribution in [1.29, 1.82) is 0 Å². The van der Waals surface area contributed by atoms with Crippen LogP contribution in [0.15, 0.2) is 0 Å². The number of rotatable bonds is 5. The molecule has 0 heterocycles. The van der Waals surface area contributed by atoms with Gasteiger partial charge in [0.15, 0.2) is 5.78 Å². The first-order valence-electron chi connectivity index (χ1n) is 4.18. The number of carbonyl (C=O) groups excluding carboxylic acids is 1. The number of ketones is 1. The van der Waals surface area contributed by atoms with E-state index in [0.29, 0.717) is 6.42 Å². The maximum Gasteiger partial charge on any atom is 0.158 e. The smallest absolute Gasteiger partial charge is 0.158 e. The van der Waals surface area contributed by atoms with Crippen LogP contribution in [0.3, 0.4) is 0 Å². The van der Waals surface area contributed by atoms with E-state index in [0.717, 1.165) is 6.42 Å². The number of hydrogen-bond donors (Lipinski definition) is 1. The van der Waals surface area contributed by atoms with Crippen molar-refractivity contribution in [2.75, 3.05) is 6.61 Å². The molecule has 9 heavy (non-hydrogen) atoms. The Morgan fingerprint density at radius 2 is 2.33 bits per heavy atom. The van der Waals surface area contributed by atoms with Crippen molar-refractivity contribution in [2.45, 2.75) is 32.6 Å². The van der Waals surface area contributed by atoms with Crippen molar-refractivity contribution < 1.29 is 12.6 Å². The summed E-state index contributed by atoms with van der Waals surface area (Å²) in [5.41, 5.74) is 0. The van der Waals surface area contributed by atoms with Gasteiger partial charge in [-0.1, -0.05) is 19.8 Å². The number of aliphatic hydroxyl groups is 1. The third-order valence-electron chi connectivity index (χ3n) is 0.996. The van der Waals surface area contributed by atoms with Crippen LogP contribution in [-0.4, -0.2) is 17.5 Å². The average molecular weight is 132 g/mol. The van der Waals surface area contributed by atoms with Gasteiger partial charge in [-0.3, -0.25) is 4.79 Å². The van der Waals surface area contributed by atoms with E-state index in [9.17, 15) is 4.79 Å². The molecule has 54 valence electrons. The molecule has 0 radical (unpaired) electrons. The summed E-state index contributed by atoms with van der Waals surface area (Å²) in [5.74, 6) is -0.717. The van der Waals surface area contributed by atoms with Crippen LogP contribution in [-0.2, 0) is 4.79 Å². The molecule has 0 atom stereocenters. The lowest BCUT2D eigenvalue weighted by Gasteiger charge is -1.93. The summed E-state index contributed by atoms with van der Waals surface area (Å²) in [7, 11) is 0. The van der Waals surface area contributed by atoms with Crippen LogP contribution in [0.5, 0.6) is 0 Å². The number of unbranched alkanes of at least 4 members (excludes halogenated alkanes) is 1. The minimum Gasteiger partial charge on any atom is -0.389 e. The van der Waals surface area contributed by atoms with Gasteiger partial charge in [0.05, 0.1) is 0 Å². The first kappa shape index (κ1) is 5.42. The quantitative estimate of drug-likeness (QED) is 0.608. The molecule has 0 aromatic carbocycles. The predicted octanol–water partition coefficient (Wildman–Crippen LogP) is 1.13. The van der Waals surface area contributed by atoms with Gasteiger partial charge in [0.25, 0.3) is 0 Å². The van der Waals surface area contributed by atoms with Gasteiger partial charge in [0.2, 0.25) is 0 Å². The molecule has 0 amide bonds. The van der Waals surface area contributed by atoms with E-state index in [1.54, 1.807) is 0 Å². The molecular formula is C7H14O2. The van der Waals surface area contributed by atoms with Crippen LogP contribution < -0.4 is 0 Å². The minimum absolute atomic E-state index is 0.211. The first-order valence-corrected chi connectivity index (χ1v) is 3.18. The molecule has 2 nitrogen and oxygen atoms in total. The van der Waals surface area contributed by atoms with Gasteiger partial charge >= 0.3 is 0 Å². The Balaban J connectivity index is 3.88. The molecule has 0 saturated heterocycles. The third kappa shape index (κ3) is 5.50. The van der Waals surface area contributed by atoms with Gasteiger partial charge in [-0.25, -0.2) is 0 Å². The van der Waals surface area contributed by atoms with Crippen LogP contribution in [0, 0.1) is 0 Å². The van der Waals surface area contributed by atoms with Crippen molar-refractivity contribution in [1.82, 2.24) is 0 Å². The minimum atomic E-state index is -1.83. The van der Waals surface area contributed by atoms with E-state index in [4.69, 9.17) is 7.85 Å². The monoisotopic (exact) mass is 132 g/mol. The molecule has 0 rings (SSSR count). The lowest BCUT2D eigenvalue weighted by Crippen LogP contribution is -2.02. The zero-order chi connectivity index (χ0) is 8.91. The van der Waals surface area contributed by atoms with Gasteiger partial charge in [0.1, 0.15) is 6.61 Å². The molecule has 0 aromatic heterocycles. The first-order chi connectivity index (χ1) is 5.04. The van der Waals surface area contributed by atoms with E-state index in [1.807, 2.05) is 6.92 Å². The van der Waals surface area contributed by atoms with Crippen LogP contribution in [0.4, 0.5) is 0 Å². The van der Waals surface area contributed by atoms with E-state index < -0.39 is 18.8 Å². The fourth-order valence-corrected chi connectivity index (χ4v) is 0.460. The third-order valence-corrected chi connectivity index (χ3v) is 0.996. The van der Waals surface area contributed by atoms with Crippen LogP contribution in [0.1, 0.15) is 35.3 Å². The van der Waals surface area contributed by atoms with Crippen LogP contribution in [0.2, 0.25) is 0 Å². The Morgan fingerprint density at radius 3 is 2.78 bits per heavy atom. The summed E-state index contributed by atoms with van der Waals surface area (Å²) in [6.07, 6.45) is -0.0788. The van der Waals surface area contributed by atoms with Crippen molar-refractivity contribution in [3.05, 3.63) is 0 Å². The fourth-order valence-electron chi connectivity index (χ4n) is 0.460. The van der Waals surface area contributed by atoms with E-state index >= 15 is 0 Å². The van der Waals surface area contributed by atoms with Crippen molar-refractivity contribution >= 4 is 5.78 Å². The highest BCUT2D eigenvalue weighted by Gasteiger charge is 1.96. The van der Waals surface area contributed by atoms with Gasteiger partial charge in [-0.2, -0.15) is 0 Å².